The van der Waals surface area contributed by atoms with Crippen LogP contribution in [0.1, 0.15) is 30.8 Å². The molecular formula is C10H15NO. The minimum atomic E-state index is 0.114. The Hall–Kier alpha value is -0.890. The normalized spacial score (nSPS) is 10.2. The fourth-order valence-corrected chi connectivity index (χ4v) is 1.17. The molecule has 1 heterocycles. The molecule has 2 heteroatoms. The van der Waals surface area contributed by atoms with E-state index in [4.69, 9.17) is 5.11 Å². The molecule has 0 aliphatic carbocycles. The molecule has 1 rings (SSSR count). The lowest BCUT2D eigenvalue weighted by Gasteiger charge is -2.03. The number of hydrogen-bond acceptors (Lipinski definition) is 2. The standard InChI is InChI=1S/C10H15NO/c1-3-9-5-8(7-12)6-10(4-2)11-9/h5-6,12H,3-4,7H2,1-2H3. The molecule has 0 radical (unpaired) electrons. The Kier molecular flexibility index (Phi) is 3.23. The first-order valence-corrected chi connectivity index (χ1v) is 4.39. The molecule has 0 aliphatic heterocycles. The first-order chi connectivity index (χ1) is 5.80. The molecule has 0 atom stereocenters. The van der Waals surface area contributed by atoms with Gasteiger partial charge in [-0.1, -0.05) is 13.8 Å². The van der Waals surface area contributed by atoms with E-state index < -0.39 is 0 Å². The fourth-order valence-electron chi connectivity index (χ4n) is 1.17. The van der Waals surface area contributed by atoms with Crippen molar-refractivity contribution in [2.24, 2.45) is 0 Å². The molecule has 1 N–H and O–H groups in total. The average molecular weight is 165 g/mol. The van der Waals surface area contributed by atoms with Crippen molar-refractivity contribution >= 4 is 0 Å². The number of aromatic nitrogens is 1. The van der Waals surface area contributed by atoms with Gasteiger partial charge in [-0.05, 0) is 30.5 Å². The molecule has 1 aromatic rings. The van der Waals surface area contributed by atoms with Gasteiger partial charge in [0.05, 0.1) is 6.61 Å². The Bertz CT molecular complexity index is 203. The lowest BCUT2D eigenvalue weighted by molar-refractivity contribution is 0.281. The van der Waals surface area contributed by atoms with Gasteiger partial charge in [-0.25, -0.2) is 0 Å². The van der Waals surface area contributed by atoms with Crippen LogP contribution in [0, 0.1) is 0 Å². The van der Waals surface area contributed by atoms with Crippen molar-refractivity contribution in [2.75, 3.05) is 0 Å². The van der Waals surface area contributed by atoms with Crippen LogP contribution in [-0.4, -0.2) is 10.1 Å². The summed E-state index contributed by atoms with van der Waals surface area (Å²) >= 11 is 0. The lowest BCUT2D eigenvalue weighted by atomic mass is 10.1. The maximum atomic E-state index is 8.95. The highest BCUT2D eigenvalue weighted by Crippen LogP contribution is 2.07. The highest BCUT2D eigenvalue weighted by molar-refractivity contribution is 5.21. The van der Waals surface area contributed by atoms with E-state index >= 15 is 0 Å². The zero-order valence-electron chi connectivity index (χ0n) is 7.67. The van der Waals surface area contributed by atoms with Crippen molar-refractivity contribution in [3.05, 3.63) is 29.1 Å². The molecule has 0 saturated heterocycles. The van der Waals surface area contributed by atoms with Crippen molar-refractivity contribution in [2.45, 2.75) is 33.3 Å². The summed E-state index contributed by atoms with van der Waals surface area (Å²) in [6.07, 6.45) is 1.86. The molecule has 66 valence electrons. The van der Waals surface area contributed by atoms with Crippen LogP contribution in [0.15, 0.2) is 12.1 Å². The summed E-state index contributed by atoms with van der Waals surface area (Å²) in [6.45, 7) is 4.26. The van der Waals surface area contributed by atoms with Gasteiger partial charge in [0, 0.05) is 11.4 Å². The van der Waals surface area contributed by atoms with E-state index in [0.717, 1.165) is 29.8 Å². The third-order valence-corrected chi connectivity index (χ3v) is 1.90. The van der Waals surface area contributed by atoms with E-state index in [1.165, 1.54) is 0 Å². The minimum Gasteiger partial charge on any atom is -0.392 e. The Labute approximate surface area is 73.3 Å². The minimum absolute atomic E-state index is 0.114. The Balaban J connectivity index is 3.01. The monoisotopic (exact) mass is 165 g/mol. The van der Waals surface area contributed by atoms with E-state index in [2.05, 4.69) is 18.8 Å². The van der Waals surface area contributed by atoms with Gasteiger partial charge < -0.3 is 5.11 Å². The number of rotatable bonds is 3. The van der Waals surface area contributed by atoms with Crippen molar-refractivity contribution < 1.29 is 5.11 Å². The highest BCUT2D eigenvalue weighted by Gasteiger charge is 1.98. The first kappa shape index (κ1) is 9.20. The van der Waals surface area contributed by atoms with Crippen molar-refractivity contribution in [3.63, 3.8) is 0 Å². The van der Waals surface area contributed by atoms with Crippen LogP contribution in [0.4, 0.5) is 0 Å². The summed E-state index contributed by atoms with van der Waals surface area (Å²) in [6, 6.07) is 3.92. The molecule has 1 aromatic heterocycles. The second-order valence-electron chi connectivity index (χ2n) is 2.82. The van der Waals surface area contributed by atoms with E-state index in [9.17, 15) is 0 Å². The molecule has 0 aromatic carbocycles. The van der Waals surface area contributed by atoms with Crippen LogP contribution in [0.2, 0.25) is 0 Å². The van der Waals surface area contributed by atoms with Crippen LogP contribution in [0.3, 0.4) is 0 Å². The van der Waals surface area contributed by atoms with Crippen molar-refractivity contribution in [1.29, 1.82) is 0 Å². The van der Waals surface area contributed by atoms with Gasteiger partial charge in [0.2, 0.25) is 0 Å². The Morgan fingerprint density at radius 3 is 2.00 bits per heavy atom. The third-order valence-electron chi connectivity index (χ3n) is 1.90. The molecule has 0 unspecified atom stereocenters. The van der Waals surface area contributed by atoms with Gasteiger partial charge in [0.1, 0.15) is 0 Å². The largest absolute Gasteiger partial charge is 0.392 e. The molecule has 12 heavy (non-hydrogen) atoms. The molecule has 0 aliphatic rings. The topological polar surface area (TPSA) is 33.1 Å². The highest BCUT2D eigenvalue weighted by atomic mass is 16.3. The molecule has 2 nitrogen and oxygen atoms in total. The molecule has 0 amide bonds. The molecule has 0 bridgehead atoms. The maximum Gasteiger partial charge on any atom is 0.0683 e. The Morgan fingerprint density at radius 2 is 1.67 bits per heavy atom. The molecular weight excluding hydrogens is 150 g/mol. The van der Waals surface area contributed by atoms with Crippen molar-refractivity contribution in [1.82, 2.24) is 4.98 Å². The summed E-state index contributed by atoms with van der Waals surface area (Å²) in [5.74, 6) is 0. The third kappa shape index (κ3) is 2.05. The predicted octanol–water partition coefficient (Wildman–Crippen LogP) is 1.70. The smallest absolute Gasteiger partial charge is 0.0683 e. The zero-order valence-corrected chi connectivity index (χ0v) is 7.67. The summed E-state index contributed by atoms with van der Waals surface area (Å²) in [5, 5.41) is 8.95. The van der Waals surface area contributed by atoms with Gasteiger partial charge >= 0.3 is 0 Å². The van der Waals surface area contributed by atoms with Gasteiger partial charge in [0.25, 0.3) is 0 Å². The van der Waals surface area contributed by atoms with Crippen LogP contribution < -0.4 is 0 Å². The van der Waals surface area contributed by atoms with Crippen LogP contribution >= 0.6 is 0 Å². The molecule has 0 saturated carbocycles. The average Bonchev–Trinajstić information content (AvgIpc) is 2.16. The summed E-state index contributed by atoms with van der Waals surface area (Å²) in [5.41, 5.74) is 3.11. The zero-order chi connectivity index (χ0) is 8.97. The maximum absolute atomic E-state index is 8.95. The van der Waals surface area contributed by atoms with Crippen LogP contribution in [0.5, 0.6) is 0 Å². The fraction of sp³-hybridized carbons (Fsp3) is 0.500. The lowest BCUT2D eigenvalue weighted by Crippen LogP contribution is -1.96. The van der Waals surface area contributed by atoms with Crippen LogP contribution in [-0.2, 0) is 19.4 Å². The first-order valence-electron chi connectivity index (χ1n) is 4.39. The molecule has 0 fully saturated rings. The second kappa shape index (κ2) is 4.21. The quantitative estimate of drug-likeness (QED) is 0.739. The van der Waals surface area contributed by atoms with Gasteiger partial charge in [-0.15, -0.1) is 0 Å². The van der Waals surface area contributed by atoms with Gasteiger partial charge in [-0.2, -0.15) is 0 Å². The van der Waals surface area contributed by atoms with E-state index in [1.807, 2.05) is 12.1 Å². The number of nitrogens with zero attached hydrogens (tertiary/aromatic N) is 1. The number of aliphatic hydroxyl groups is 1. The van der Waals surface area contributed by atoms with E-state index in [1.54, 1.807) is 0 Å². The SMILES string of the molecule is CCc1cc(CO)cc(CC)n1. The summed E-state index contributed by atoms with van der Waals surface area (Å²) < 4.78 is 0. The van der Waals surface area contributed by atoms with E-state index in [-0.39, 0.29) is 6.61 Å². The number of hydrogen-bond donors (Lipinski definition) is 1. The number of pyridine rings is 1. The van der Waals surface area contributed by atoms with Crippen molar-refractivity contribution in [3.8, 4) is 0 Å². The number of aryl methyl sites for hydroxylation is 2. The Morgan fingerprint density at radius 1 is 1.17 bits per heavy atom. The summed E-state index contributed by atoms with van der Waals surface area (Å²) in [7, 11) is 0. The van der Waals surface area contributed by atoms with Gasteiger partial charge in [-0.3, -0.25) is 4.98 Å². The van der Waals surface area contributed by atoms with E-state index in [0.29, 0.717) is 0 Å². The van der Waals surface area contributed by atoms with Crippen LogP contribution in [0.25, 0.3) is 0 Å². The molecule has 0 spiro atoms. The summed E-state index contributed by atoms with van der Waals surface area (Å²) in [4.78, 5) is 4.41. The second-order valence-corrected chi connectivity index (χ2v) is 2.82. The number of aliphatic hydroxyl groups excluding tert-OH is 1. The predicted molar refractivity (Wildman–Crippen MR) is 48.9 cm³/mol. The van der Waals surface area contributed by atoms with Gasteiger partial charge in [0.15, 0.2) is 0 Å².